The van der Waals surface area contributed by atoms with E-state index in [0.717, 1.165) is 39.3 Å². The van der Waals surface area contributed by atoms with Crippen molar-refractivity contribution in [2.75, 3.05) is 211 Å². The van der Waals surface area contributed by atoms with Crippen molar-refractivity contribution in [1.82, 2.24) is 9.80 Å². The van der Waals surface area contributed by atoms with Crippen LogP contribution in [0.15, 0.2) is 0 Å². The van der Waals surface area contributed by atoms with E-state index in [1.54, 1.807) is 0 Å². The Hall–Kier alpha value is -0.600. The minimum Gasteiger partial charge on any atom is -0.378 e. The Kier molecular flexibility index (Phi) is 31.9. The molecule has 15 nitrogen and oxygen atoms in total. The summed E-state index contributed by atoms with van der Waals surface area (Å²) in [6, 6.07) is 0. The van der Waals surface area contributed by atoms with Crippen molar-refractivity contribution in [2.24, 2.45) is 0 Å². The minimum absolute atomic E-state index is 0.530. The SMILES string of the molecule is C1COCCOCCN(CCOCCOCCOCCN2CCOCCOCCOCCOCCOCC2)CCOCCOCCO1. The molecule has 0 N–H and O–H groups in total. The molecular weight excluding hydrogens is 620 g/mol. The molecule has 2 fully saturated rings. The monoisotopic (exact) mass is 684 g/mol. The lowest BCUT2D eigenvalue weighted by molar-refractivity contribution is -0.0229. The summed E-state index contributed by atoms with van der Waals surface area (Å²) in [4.78, 5) is 4.58. The lowest BCUT2D eigenvalue weighted by Gasteiger charge is -2.22. The van der Waals surface area contributed by atoms with Crippen LogP contribution in [0.5, 0.6) is 0 Å². The average Bonchev–Trinajstić information content (AvgIpc) is 3.08. The van der Waals surface area contributed by atoms with Gasteiger partial charge in [-0.15, -0.1) is 0 Å². The van der Waals surface area contributed by atoms with Crippen molar-refractivity contribution >= 4 is 0 Å². The maximum atomic E-state index is 5.81. The van der Waals surface area contributed by atoms with Crippen LogP contribution < -0.4 is 0 Å². The summed E-state index contributed by atoms with van der Waals surface area (Å²) in [5.74, 6) is 0. The van der Waals surface area contributed by atoms with Crippen LogP contribution in [0.2, 0.25) is 0 Å². The maximum Gasteiger partial charge on any atom is 0.0701 e. The van der Waals surface area contributed by atoms with Gasteiger partial charge in [0, 0.05) is 39.3 Å². The zero-order valence-electron chi connectivity index (χ0n) is 28.8. The molecule has 47 heavy (non-hydrogen) atoms. The largest absolute Gasteiger partial charge is 0.378 e. The van der Waals surface area contributed by atoms with Crippen molar-refractivity contribution in [3.05, 3.63) is 0 Å². The van der Waals surface area contributed by atoms with Crippen LogP contribution in [0, 0.1) is 0 Å². The first-order valence-corrected chi connectivity index (χ1v) is 17.4. The van der Waals surface area contributed by atoms with E-state index in [-0.39, 0.29) is 0 Å². The molecule has 2 heterocycles. The predicted molar refractivity (Wildman–Crippen MR) is 174 cm³/mol. The maximum absolute atomic E-state index is 5.81. The number of nitrogens with zero attached hydrogens (tertiary/aromatic N) is 2. The summed E-state index contributed by atoms with van der Waals surface area (Å²) in [5.41, 5.74) is 0. The first-order chi connectivity index (χ1) is 23.4. The van der Waals surface area contributed by atoms with Crippen LogP contribution in [0.25, 0.3) is 0 Å². The molecule has 0 saturated carbocycles. The third-order valence-corrected chi connectivity index (χ3v) is 7.03. The highest BCUT2D eigenvalue weighted by Gasteiger charge is 2.08. The highest BCUT2D eigenvalue weighted by Crippen LogP contribution is 1.95. The first-order valence-electron chi connectivity index (χ1n) is 17.4. The highest BCUT2D eigenvalue weighted by atomic mass is 16.6. The van der Waals surface area contributed by atoms with Gasteiger partial charge in [0.2, 0.25) is 0 Å². The third kappa shape index (κ3) is 30.0. The zero-order chi connectivity index (χ0) is 33.0. The molecule has 0 bridgehead atoms. The van der Waals surface area contributed by atoms with Gasteiger partial charge >= 0.3 is 0 Å². The summed E-state index contributed by atoms with van der Waals surface area (Å²) in [5, 5.41) is 0. The molecule has 0 amide bonds. The lowest BCUT2D eigenvalue weighted by atomic mass is 10.4. The average molecular weight is 685 g/mol. The van der Waals surface area contributed by atoms with E-state index in [9.17, 15) is 0 Å². The molecule has 0 aromatic heterocycles. The Labute approximate surface area is 282 Å². The lowest BCUT2D eigenvalue weighted by Crippen LogP contribution is -2.34. The molecule has 0 aromatic carbocycles. The van der Waals surface area contributed by atoms with Crippen molar-refractivity contribution in [2.45, 2.75) is 0 Å². The molecule has 0 atom stereocenters. The van der Waals surface area contributed by atoms with Crippen LogP contribution in [0.3, 0.4) is 0 Å². The topological polar surface area (TPSA) is 126 Å². The predicted octanol–water partition coefficient (Wildman–Crippen LogP) is -0.167. The van der Waals surface area contributed by atoms with Gasteiger partial charge in [-0.3, -0.25) is 9.80 Å². The van der Waals surface area contributed by atoms with Crippen molar-refractivity contribution in [3.8, 4) is 0 Å². The van der Waals surface area contributed by atoms with Gasteiger partial charge < -0.3 is 61.6 Å². The summed E-state index contributed by atoms with van der Waals surface area (Å²) in [6.45, 7) is 19.7. The number of hydrogen-bond donors (Lipinski definition) is 0. The van der Waals surface area contributed by atoms with E-state index in [1.807, 2.05) is 0 Å². The molecule has 0 spiro atoms. The standard InChI is InChI=1S/C32H64N2O13/c1(33-3-9-37-15-21-42-25-29-46-30-26-43-22-16-38-10-4-33)7-35-13-19-41-20-14-36-8-2-34-5-11-39-17-23-44-27-31-47-32-28-45-24-18-40-12-6-34/h1-32H2. The second kappa shape index (κ2) is 35.2. The van der Waals surface area contributed by atoms with Crippen LogP contribution in [0.1, 0.15) is 0 Å². The second-order valence-corrected chi connectivity index (χ2v) is 10.6. The van der Waals surface area contributed by atoms with Gasteiger partial charge in [-0.2, -0.15) is 0 Å². The van der Waals surface area contributed by atoms with Gasteiger partial charge in [0.25, 0.3) is 0 Å². The molecule has 2 saturated heterocycles. The third-order valence-electron chi connectivity index (χ3n) is 7.03. The molecular formula is C32H64N2O13. The molecule has 0 radical (unpaired) electrons. The molecule has 2 aliphatic heterocycles. The van der Waals surface area contributed by atoms with Gasteiger partial charge in [0.05, 0.1) is 172 Å². The fraction of sp³-hybridized carbons (Fsp3) is 1.00. The van der Waals surface area contributed by atoms with Gasteiger partial charge in [-0.05, 0) is 0 Å². The summed E-state index contributed by atoms with van der Waals surface area (Å²) in [7, 11) is 0. The number of hydrogen-bond acceptors (Lipinski definition) is 15. The van der Waals surface area contributed by atoms with Gasteiger partial charge in [0.1, 0.15) is 0 Å². The Morgan fingerprint density at radius 3 is 0.681 bits per heavy atom. The fourth-order valence-electron chi connectivity index (χ4n) is 4.34. The molecule has 0 aliphatic carbocycles. The Morgan fingerprint density at radius 2 is 0.447 bits per heavy atom. The van der Waals surface area contributed by atoms with E-state index < -0.39 is 0 Å². The quantitative estimate of drug-likeness (QED) is 0.253. The van der Waals surface area contributed by atoms with Crippen molar-refractivity contribution in [3.63, 3.8) is 0 Å². The Balaban J connectivity index is 1.48. The molecule has 2 rings (SSSR count). The van der Waals surface area contributed by atoms with Gasteiger partial charge in [-0.1, -0.05) is 0 Å². The zero-order valence-corrected chi connectivity index (χ0v) is 28.8. The van der Waals surface area contributed by atoms with Crippen molar-refractivity contribution in [1.29, 1.82) is 0 Å². The Bertz CT molecular complexity index is 544. The van der Waals surface area contributed by atoms with Gasteiger partial charge in [0.15, 0.2) is 0 Å². The smallest absolute Gasteiger partial charge is 0.0701 e. The summed E-state index contributed by atoms with van der Waals surface area (Å²) in [6.07, 6.45) is 0. The van der Waals surface area contributed by atoms with E-state index >= 15 is 0 Å². The first kappa shape index (κ1) is 42.6. The van der Waals surface area contributed by atoms with Crippen LogP contribution in [-0.4, -0.2) is 221 Å². The van der Waals surface area contributed by atoms with E-state index in [4.69, 9.17) is 61.6 Å². The van der Waals surface area contributed by atoms with Crippen LogP contribution in [0.4, 0.5) is 0 Å². The van der Waals surface area contributed by atoms with Crippen LogP contribution >= 0.6 is 0 Å². The molecule has 0 unspecified atom stereocenters. The molecule has 0 aromatic rings. The summed E-state index contributed by atoms with van der Waals surface area (Å²) < 4.78 is 73.2. The highest BCUT2D eigenvalue weighted by molar-refractivity contribution is 4.59. The minimum atomic E-state index is 0.530. The normalized spacial score (nSPS) is 22.5. The Morgan fingerprint density at radius 1 is 0.255 bits per heavy atom. The number of rotatable bonds is 12. The molecule has 2 aliphatic rings. The van der Waals surface area contributed by atoms with Crippen molar-refractivity contribution < 1.29 is 61.6 Å². The fourth-order valence-corrected chi connectivity index (χ4v) is 4.34. The second-order valence-electron chi connectivity index (χ2n) is 10.6. The molecule has 280 valence electrons. The summed E-state index contributed by atoms with van der Waals surface area (Å²) >= 11 is 0. The van der Waals surface area contributed by atoms with E-state index in [1.165, 1.54) is 0 Å². The van der Waals surface area contributed by atoms with E-state index in [0.29, 0.717) is 172 Å². The van der Waals surface area contributed by atoms with Gasteiger partial charge in [-0.25, -0.2) is 0 Å². The van der Waals surface area contributed by atoms with Crippen LogP contribution in [-0.2, 0) is 61.6 Å². The molecule has 15 heteroatoms. The number of ether oxygens (including phenoxy) is 13. The van der Waals surface area contributed by atoms with E-state index in [2.05, 4.69) is 9.80 Å².